The van der Waals surface area contributed by atoms with Crippen LogP contribution in [0.3, 0.4) is 0 Å². The molecule has 0 bridgehead atoms. The van der Waals surface area contributed by atoms with Gasteiger partial charge in [-0.2, -0.15) is 0 Å². The van der Waals surface area contributed by atoms with Crippen molar-refractivity contribution in [2.45, 2.75) is 76.3 Å². The van der Waals surface area contributed by atoms with Gasteiger partial charge in [0.15, 0.2) is 23.3 Å². The van der Waals surface area contributed by atoms with E-state index in [0.29, 0.717) is 83.9 Å². The summed E-state index contributed by atoms with van der Waals surface area (Å²) >= 11 is 0. The molecule has 2 fully saturated rings. The van der Waals surface area contributed by atoms with Crippen molar-refractivity contribution in [3.05, 3.63) is 117 Å². The topological polar surface area (TPSA) is 243 Å². The first-order valence-corrected chi connectivity index (χ1v) is 22.1. The highest BCUT2D eigenvalue weighted by Crippen LogP contribution is 2.34. The summed E-state index contributed by atoms with van der Waals surface area (Å²) in [7, 11) is 0. The van der Waals surface area contributed by atoms with E-state index in [4.69, 9.17) is 8.83 Å². The molecule has 8 heterocycles. The lowest BCUT2D eigenvalue weighted by atomic mass is 10.1. The Morgan fingerprint density at radius 1 is 0.559 bits per heavy atom. The van der Waals surface area contributed by atoms with Crippen LogP contribution in [0.4, 0.5) is 41.5 Å². The fourth-order valence-corrected chi connectivity index (χ4v) is 9.36. The standard InChI is InChI=1S/2C22H21F2N9O/c2*1-11-16(20-30-31-22(34-20)33-3-2-12(10-33)19-9-26-32-29-19)8-25-21(27-11)28-15-4-13-6-17(23)18(24)7-14(13)5-15/h2*6-9,12,15H,2-5,10H2,1H3,(H,25,27,28)(H,26,29,32). The van der Waals surface area contributed by atoms with Crippen molar-refractivity contribution in [3.8, 4) is 22.9 Å². The summed E-state index contributed by atoms with van der Waals surface area (Å²) in [5.74, 6) is -1.18. The van der Waals surface area contributed by atoms with Gasteiger partial charge in [-0.25, -0.2) is 37.5 Å². The number of rotatable bonds is 10. The van der Waals surface area contributed by atoms with Crippen LogP contribution in [0.15, 0.2) is 57.9 Å². The van der Waals surface area contributed by atoms with Crippen LogP contribution in [-0.4, -0.2) is 109 Å². The Bertz CT molecular complexity index is 2820. The minimum absolute atomic E-state index is 0.0377. The van der Waals surface area contributed by atoms with Gasteiger partial charge in [-0.1, -0.05) is 20.6 Å². The fourth-order valence-electron chi connectivity index (χ4n) is 9.36. The summed E-state index contributed by atoms with van der Waals surface area (Å²) in [6, 6.07) is 5.89. The van der Waals surface area contributed by atoms with E-state index in [0.717, 1.165) is 72.7 Å². The van der Waals surface area contributed by atoms with Gasteiger partial charge in [-0.05, 0) is 98.9 Å². The zero-order valence-corrected chi connectivity index (χ0v) is 36.6. The molecule has 2 aliphatic heterocycles. The predicted octanol–water partition coefficient (Wildman–Crippen LogP) is 5.61. The van der Waals surface area contributed by atoms with Crippen molar-refractivity contribution in [3.63, 3.8) is 0 Å². The van der Waals surface area contributed by atoms with Gasteiger partial charge in [0, 0.05) is 74.9 Å². The number of aromatic amines is 2. The van der Waals surface area contributed by atoms with Crippen molar-refractivity contribution in [1.82, 2.24) is 71.2 Å². The average molecular weight is 931 g/mol. The van der Waals surface area contributed by atoms with Crippen LogP contribution in [-0.2, 0) is 25.7 Å². The highest BCUT2D eigenvalue weighted by molar-refractivity contribution is 5.58. The van der Waals surface area contributed by atoms with E-state index in [9.17, 15) is 17.6 Å². The van der Waals surface area contributed by atoms with Gasteiger partial charge in [0.1, 0.15) is 0 Å². The zero-order valence-electron chi connectivity index (χ0n) is 36.6. The first-order chi connectivity index (χ1) is 33.1. The predicted molar refractivity (Wildman–Crippen MR) is 234 cm³/mol. The molecule has 8 aromatic rings. The van der Waals surface area contributed by atoms with Gasteiger partial charge in [0.25, 0.3) is 11.8 Å². The number of anilines is 4. The summed E-state index contributed by atoms with van der Waals surface area (Å²) in [4.78, 5) is 21.9. The molecule has 24 heteroatoms. The van der Waals surface area contributed by atoms with Gasteiger partial charge in [0.05, 0.1) is 33.9 Å². The number of benzene rings is 2. The zero-order chi connectivity index (χ0) is 46.5. The maximum Gasteiger partial charge on any atom is 0.318 e. The molecule has 4 N–H and O–H groups in total. The Morgan fingerprint density at radius 2 is 0.956 bits per heavy atom. The van der Waals surface area contributed by atoms with E-state index in [1.165, 1.54) is 24.3 Å². The second kappa shape index (κ2) is 17.7. The smallest absolute Gasteiger partial charge is 0.318 e. The molecule has 4 aliphatic rings. The van der Waals surface area contributed by atoms with Crippen molar-refractivity contribution in [2.75, 3.05) is 46.6 Å². The Kier molecular flexibility index (Phi) is 11.1. The lowest BCUT2D eigenvalue weighted by Gasteiger charge is -2.13. The largest absolute Gasteiger partial charge is 0.403 e. The molecular weight excluding hydrogens is 889 g/mol. The Hall–Kier alpha value is -7.92. The Balaban J connectivity index is 0.000000149. The number of fused-ring (bicyclic) bond motifs is 2. The maximum atomic E-state index is 13.5. The van der Waals surface area contributed by atoms with Crippen molar-refractivity contribution in [1.29, 1.82) is 0 Å². The molecule has 20 nitrogen and oxygen atoms in total. The number of nitrogens with zero attached hydrogens (tertiary/aromatic N) is 14. The first-order valence-electron chi connectivity index (χ1n) is 22.1. The molecule has 2 aliphatic carbocycles. The van der Waals surface area contributed by atoms with Crippen LogP contribution >= 0.6 is 0 Å². The van der Waals surface area contributed by atoms with Gasteiger partial charge < -0.3 is 29.3 Å². The van der Waals surface area contributed by atoms with Crippen LogP contribution in [0.5, 0.6) is 0 Å². The minimum atomic E-state index is -0.822. The van der Waals surface area contributed by atoms with Crippen LogP contribution in [0, 0.1) is 37.1 Å². The third kappa shape index (κ3) is 8.63. The molecule has 0 amide bonds. The van der Waals surface area contributed by atoms with E-state index >= 15 is 0 Å². The monoisotopic (exact) mass is 930 g/mol. The van der Waals surface area contributed by atoms with E-state index in [1.54, 1.807) is 12.4 Å². The number of halogens is 4. The van der Waals surface area contributed by atoms with Crippen molar-refractivity contribution in [2.24, 2.45) is 0 Å². The highest BCUT2D eigenvalue weighted by Gasteiger charge is 2.32. The summed E-state index contributed by atoms with van der Waals surface area (Å²) in [5.41, 5.74) is 7.72. The highest BCUT2D eigenvalue weighted by atomic mass is 19.2. The van der Waals surface area contributed by atoms with Crippen molar-refractivity contribution < 1.29 is 26.4 Å². The van der Waals surface area contributed by atoms with Gasteiger partial charge in [0.2, 0.25) is 11.9 Å². The minimum Gasteiger partial charge on any atom is -0.403 e. The molecule has 348 valence electrons. The van der Waals surface area contributed by atoms with Crippen LogP contribution in [0.2, 0.25) is 0 Å². The molecule has 0 spiro atoms. The molecule has 2 saturated heterocycles. The van der Waals surface area contributed by atoms with Gasteiger partial charge in [-0.15, -0.1) is 20.4 Å². The van der Waals surface area contributed by atoms with E-state index < -0.39 is 23.3 Å². The molecule has 2 unspecified atom stereocenters. The van der Waals surface area contributed by atoms with Crippen LogP contribution < -0.4 is 20.4 Å². The molecule has 0 saturated carbocycles. The van der Waals surface area contributed by atoms with Gasteiger partial charge in [-0.3, -0.25) is 10.2 Å². The van der Waals surface area contributed by atoms with Crippen LogP contribution in [0.1, 0.15) is 69.7 Å². The molecular formula is C44H42F4N18O2. The third-order valence-electron chi connectivity index (χ3n) is 12.9. The van der Waals surface area contributed by atoms with E-state index in [1.807, 2.05) is 36.0 Å². The van der Waals surface area contributed by atoms with Crippen molar-refractivity contribution >= 4 is 23.9 Å². The molecule has 68 heavy (non-hydrogen) atoms. The fraction of sp³-hybridized carbons (Fsp3) is 0.364. The molecule has 2 atom stereocenters. The number of hydrogen-bond donors (Lipinski definition) is 4. The summed E-state index contributed by atoms with van der Waals surface area (Å²) in [6.45, 7) is 6.71. The number of aryl methyl sites for hydroxylation is 2. The summed E-state index contributed by atoms with van der Waals surface area (Å²) < 4.78 is 65.9. The number of aromatic nitrogens is 14. The lowest BCUT2D eigenvalue weighted by molar-refractivity contribution is 0.507. The normalized spacial score (nSPS) is 18.0. The quantitative estimate of drug-likeness (QED) is 0.122. The first kappa shape index (κ1) is 42.7. The molecule has 0 radical (unpaired) electrons. The SMILES string of the molecule is Cc1nc(NC2Cc3cc(F)c(F)cc3C2)ncc1-c1nnc(N2CCC(c3c[nH]nn3)C2)o1.Cc1nc(NC2Cc3cc(F)c(F)cc3C2)ncc1-c1nnc(N2CCC(c3c[nH]nn3)C2)o1. The van der Waals surface area contributed by atoms with Crippen LogP contribution in [0.25, 0.3) is 22.9 Å². The van der Waals surface area contributed by atoms with E-state index in [2.05, 4.69) is 81.8 Å². The molecule has 2 aromatic carbocycles. The maximum absolute atomic E-state index is 13.5. The second-order valence-corrected chi connectivity index (χ2v) is 17.4. The Morgan fingerprint density at radius 3 is 1.31 bits per heavy atom. The number of H-pyrrole nitrogens is 2. The summed E-state index contributed by atoms with van der Waals surface area (Å²) in [6.07, 6.45) is 11.1. The average Bonchev–Trinajstić information content (AvgIpc) is 4.15. The van der Waals surface area contributed by atoms with E-state index in [-0.39, 0.29) is 23.9 Å². The Labute approximate surface area is 383 Å². The third-order valence-corrected chi connectivity index (χ3v) is 12.9. The second-order valence-electron chi connectivity index (χ2n) is 17.4. The number of hydrogen-bond acceptors (Lipinski definition) is 18. The van der Waals surface area contributed by atoms with Gasteiger partial charge >= 0.3 is 12.0 Å². The number of nitrogens with one attached hydrogen (secondary N) is 4. The molecule has 6 aromatic heterocycles. The lowest BCUT2D eigenvalue weighted by Crippen LogP contribution is -2.21. The molecule has 12 rings (SSSR count). The summed E-state index contributed by atoms with van der Waals surface area (Å²) in [5, 5.41) is 44.6.